The van der Waals surface area contributed by atoms with Crippen molar-refractivity contribution >= 4 is 5.97 Å². The molecule has 1 aliphatic heterocycles. The first-order valence-corrected chi connectivity index (χ1v) is 7.36. The summed E-state index contributed by atoms with van der Waals surface area (Å²) in [6, 6.07) is 8.33. The van der Waals surface area contributed by atoms with Gasteiger partial charge in [0.2, 0.25) is 0 Å². The van der Waals surface area contributed by atoms with Crippen LogP contribution in [0.5, 0.6) is 0 Å². The molecule has 0 saturated carbocycles. The summed E-state index contributed by atoms with van der Waals surface area (Å²) in [5.41, 5.74) is 1.86. The van der Waals surface area contributed by atoms with Gasteiger partial charge in [0.25, 0.3) is 0 Å². The van der Waals surface area contributed by atoms with Gasteiger partial charge in [-0.2, -0.15) is 0 Å². The fourth-order valence-electron chi connectivity index (χ4n) is 2.70. The van der Waals surface area contributed by atoms with Crippen molar-refractivity contribution in [2.24, 2.45) is 0 Å². The Bertz CT molecular complexity index is 429. The second-order valence-corrected chi connectivity index (χ2v) is 5.36. The predicted molar refractivity (Wildman–Crippen MR) is 79.8 cm³/mol. The number of ether oxygens (including phenoxy) is 1. The Morgan fingerprint density at radius 1 is 1.40 bits per heavy atom. The van der Waals surface area contributed by atoms with Gasteiger partial charge in [-0.15, -0.1) is 0 Å². The Morgan fingerprint density at radius 3 is 2.80 bits per heavy atom. The number of rotatable bonds is 5. The predicted octanol–water partition coefficient (Wildman–Crippen LogP) is 2.05. The normalized spacial score (nSPS) is 19.8. The Hall–Kier alpha value is -1.39. The Labute approximate surface area is 121 Å². The standard InChI is InChI=1S/C16H24N2O2/c1-3-4-15-12-18(10-9-17-15)11-13-5-7-14(8-6-13)16(19)20-2/h5-8,15,17H,3-4,9-12H2,1-2H3/t15-/m1/s1. The minimum atomic E-state index is -0.276. The van der Waals surface area contributed by atoms with E-state index in [0.29, 0.717) is 11.6 Å². The molecule has 1 aromatic carbocycles. The molecule has 1 aromatic rings. The van der Waals surface area contributed by atoms with Crippen LogP contribution in [0.2, 0.25) is 0 Å². The first kappa shape index (κ1) is 15.0. The van der Waals surface area contributed by atoms with E-state index in [-0.39, 0.29) is 5.97 Å². The molecule has 4 heteroatoms. The number of nitrogens with one attached hydrogen (secondary N) is 1. The minimum absolute atomic E-state index is 0.276. The zero-order valence-corrected chi connectivity index (χ0v) is 12.4. The van der Waals surface area contributed by atoms with Gasteiger partial charge in [-0.1, -0.05) is 25.5 Å². The van der Waals surface area contributed by atoms with Gasteiger partial charge in [0, 0.05) is 32.2 Å². The summed E-state index contributed by atoms with van der Waals surface area (Å²) in [5.74, 6) is -0.276. The van der Waals surface area contributed by atoms with Gasteiger partial charge in [0.1, 0.15) is 0 Å². The smallest absolute Gasteiger partial charge is 0.337 e. The number of piperazine rings is 1. The molecule has 110 valence electrons. The van der Waals surface area contributed by atoms with Gasteiger partial charge in [-0.25, -0.2) is 4.79 Å². The van der Waals surface area contributed by atoms with E-state index < -0.39 is 0 Å². The number of methoxy groups -OCH3 is 1. The van der Waals surface area contributed by atoms with Crippen molar-refractivity contribution in [3.63, 3.8) is 0 Å². The summed E-state index contributed by atoms with van der Waals surface area (Å²) < 4.78 is 4.71. The highest BCUT2D eigenvalue weighted by molar-refractivity contribution is 5.89. The third-order valence-electron chi connectivity index (χ3n) is 3.76. The van der Waals surface area contributed by atoms with E-state index >= 15 is 0 Å². The second-order valence-electron chi connectivity index (χ2n) is 5.36. The summed E-state index contributed by atoms with van der Waals surface area (Å²) in [6.45, 7) is 6.42. The number of esters is 1. The van der Waals surface area contributed by atoms with Crippen molar-refractivity contribution in [3.8, 4) is 0 Å². The molecule has 0 amide bonds. The molecule has 0 spiro atoms. The van der Waals surface area contributed by atoms with Gasteiger partial charge >= 0.3 is 5.97 Å². The largest absolute Gasteiger partial charge is 0.465 e. The molecule has 1 heterocycles. The van der Waals surface area contributed by atoms with Crippen molar-refractivity contribution in [3.05, 3.63) is 35.4 Å². The van der Waals surface area contributed by atoms with Gasteiger partial charge in [0.15, 0.2) is 0 Å². The van der Waals surface area contributed by atoms with E-state index in [1.54, 1.807) is 0 Å². The number of nitrogens with zero attached hydrogens (tertiary/aromatic N) is 1. The maximum absolute atomic E-state index is 11.4. The number of carbonyl (C=O) groups excluding carboxylic acids is 1. The van der Waals surface area contributed by atoms with Crippen LogP contribution in [-0.2, 0) is 11.3 Å². The highest BCUT2D eigenvalue weighted by atomic mass is 16.5. The molecule has 0 aromatic heterocycles. The summed E-state index contributed by atoms with van der Waals surface area (Å²) in [6.07, 6.45) is 2.46. The minimum Gasteiger partial charge on any atom is -0.465 e. The molecular weight excluding hydrogens is 252 g/mol. The maximum Gasteiger partial charge on any atom is 0.337 e. The molecule has 0 bridgehead atoms. The first-order valence-electron chi connectivity index (χ1n) is 7.36. The molecule has 1 N–H and O–H groups in total. The van der Waals surface area contributed by atoms with Crippen LogP contribution >= 0.6 is 0 Å². The highest BCUT2D eigenvalue weighted by Gasteiger charge is 2.18. The average molecular weight is 276 g/mol. The van der Waals surface area contributed by atoms with Crippen molar-refractivity contribution in [2.45, 2.75) is 32.4 Å². The topological polar surface area (TPSA) is 41.6 Å². The monoisotopic (exact) mass is 276 g/mol. The highest BCUT2D eigenvalue weighted by Crippen LogP contribution is 2.12. The van der Waals surface area contributed by atoms with Crippen LogP contribution in [-0.4, -0.2) is 43.7 Å². The average Bonchev–Trinajstić information content (AvgIpc) is 2.48. The molecular formula is C16H24N2O2. The lowest BCUT2D eigenvalue weighted by atomic mass is 10.1. The first-order chi connectivity index (χ1) is 9.72. The lowest BCUT2D eigenvalue weighted by Gasteiger charge is -2.33. The third kappa shape index (κ3) is 4.05. The van der Waals surface area contributed by atoms with Crippen molar-refractivity contribution in [1.29, 1.82) is 0 Å². The van der Waals surface area contributed by atoms with Crippen LogP contribution < -0.4 is 5.32 Å². The number of carbonyl (C=O) groups is 1. The van der Waals surface area contributed by atoms with Crippen LogP contribution in [0.3, 0.4) is 0 Å². The molecule has 2 rings (SSSR count). The van der Waals surface area contributed by atoms with Gasteiger partial charge in [0.05, 0.1) is 12.7 Å². The van der Waals surface area contributed by atoms with Gasteiger partial charge < -0.3 is 10.1 Å². The van der Waals surface area contributed by atoms with E-state index in [1.807, 2.05) is 24.3 Å². The van der Waals surface area contributed by atoms with Crippen LogP contribution in [0.15, 0.2) is 24.3 Å². The van der Waals surface area contributed by atoms with Gasteiger partial charge in [-0.3, -0.25) is 4.90 Å². The van der Waals surface area contributed by atoms with E-state index in [0.717, 1.165) is 26.2 Å². The lowest BCUT2D eigenvalue weighted by molar-refractivity contribution is 0.0600. The summed E-state index contributed by atoms with van der Waals surface area (Å²) in [7, 11) is 1.41. The van der Waals surface area contributed by atoms with Crippen LogP contribution in [0.1, 0.15) is 35.7 Å². The SMILES string of the molecule is CCC[C@@H]1CN(Cc2ccc(C(=O)OC)cc2)CCN1. The van der Waals surface area contributed by atoms with Crippen LogP contribution in [0.25, 0.3) is 0 Å². The van der Waals surface area contributed by atoms with E-state index in [9.17, 15) is 4.79 Å². The molecule has 1 atom stereocenters. The molecule has 0 aliphatic carbocycles. The van der Waals surface area contributed by atoms with Crippen molar-refractivity contribution in [2.75, 3.05) is 26.7 Å². The fraction of sp³-hybridized carbons (Fsp3) is 0.562. The molecule has 1 saturated heterocycles. The zero-order valence-electron chi connectivity index (χ0n) is 12.4. The van der Waals surface area contributed by atoms with E-state index in [1.165, 1.54) is 25.5 Å². The number of hydrogen-bond acceptors (Lipinski definition) is 4. The molecule has 1 fully saturated rings. The molecule has 1 aliphatic rings. The molecule has 20 heavy (non-hydrogen) atoms. The Morgan fingerprint density at radius 2 is 2.15 bits per heavy atom. The molecule has 0 radical (unpaired) electrons. The van der Waals surface area contributed by atoms with Crippen LogP contribution in [0, 0.1) is 0 Å². The number of benzene rings is 1. The Kier molecular flexibility index (Phi) is 5.56. The quantitative estimate of drug-likeness (QED) is 0.836. The van der Waals surface area contributed by atoms with Crippen LogP contribution in [0.4, 0.5) is 0 Å². The Balaban J connectivity index is 1.91. The fourth-order valence-corrected chi connectivity index (χ4v) is 2.70. The van der Waals surface area contributed by atoms with Crippen molar-refractivity contribution < 1.29 is 9.53 Å². The third-order valence-corrected chi connectivity index (χ3v) is 3.76. The maximum atomic E-state index is 11.4. The lowest BCUT2D eigenvalue weighted by Crippen LogP contribution is -2.50. The van der Waals surface area contributed by atoms with E-state index in [4.69, 9.17) is 4.74 Å². The molecule has 0 unspecified atom stereocenters. The summed E-state index contributed by atoms with van der Waals surface area (Å²) in [5, 5.41) is 3.56. The summed E-state index contributed by atoms with van der Waals surface area (Å²) >= 11 is 0. The number of hydrogen-bond donors (Lipinski definition) is 1. The zero-order chi connectivity index (χ0) is 14.4. The van der Waals surface area contributed by atoms with Crippen molar-refractivity contribution in [1.82, 2.24) is 10.2 Å². The van der Waals surface area contributed by atoms with Gasteiger partial charge in [-0.05, 0) is 24.1 Å². The molecule has 4 nitrogen and oxygen atoms in total. The summed E-state index contributed by atoms with van der Waals surface area (Å²) in [4.78, 5) is 13.9. The van der Waals surface area contributed by atoms with E-state index in [2.05, 4.69) is 17.1 Å². The second kappa shape index (κ2) is 7.41.